The van der Waals surface area contributed by atoms with Crippen molar-refractivity contribution in [3.63, 3.8) is 0 Å². The molecule has 122 valence electrons. The Labute approximate surface area is 132 Å². The number of aryl methyl sites for hydroxylation is 2. The predicted octanol–water partition coefficient (Wildman–Crippen LogP) is -0.511. The van der Waals surface area contributed by atoms with E-state index in [4.69, 9.17) is 0 Å². The Morgan fingerprint density at radius 2 is 1.96 bits per heavy atom. The number of aromatic nitrogens is 4. The quantitative estimate of drug-likeness (QED) is 0.711. The van der Waals surface area contributed by atoms with Crippen LogP contribution in [-0.2, 0) is 32.5 Å². The molecule has 0 fully saturated rings. The lowest BCUT2D eigenvalue weighted by molar-refractivity contribution is -0.125. The monoisotopic (exact) mass is 317 g/mol. The molecule has 8 heteroatoms. The fraction of sp³-hybridized carbons (Fsp3) is 0.333. The van der Waals surface area contributed by atoms with Crippen molar-refractivity contribution in [2.75, 3.05) is 7.05 Å². The third-order valence-electron chi connectivity index (χ3n) is 3.43. The first kappa shape index (κ1) is 16.5. The molecular weight excluding hydrogens is 298 g/mol. The highest BCUT2D eigenvalue weighted by Crippen LogP contribution is 2.03. The zero-order chi connectivity index (χ0) is 17.1. The lowest BCUT2D eigenvalue weighted by atomic mass is 10.2. The van der Waals surface area contributed by atoms with Crippen LogP contribution in [0.15, 0.2) is 34.3 Å². The van der Waals surface area contributed by atoms with Crippen molar-refractivity contribution in [2.45, 2.75) is 6.54 Å². The van der Waals surface area contributed by atoms with Crippen molar-refractivity contribution in [2.24, 2.45) is 21.1 Å². The van der Waals surface area contributed by atoms with E-state index < -0.39 is 11.2 Å². The largest absolute Gasteiger partial charge is 0.338 e. The van der Waals surface area contributed by atoms with Crippen molar-refractivity contribution in [1.82, 2.24) is 23.8 Å². The van der Waals surface area contributed by atoms with Crippen molar-refractivity contribution in [3.05, 3.63) is 56.6 Å². The Kier molecular flexibility index (Phi) is 4.63. The number of amides is 1. The molecule has 0 N–H and O–H groups in total. The maximum atomic E-state index is 12.1. The smallest absolute Gasteiger partial charge is 0.330 e. The van der Waals surface area contributed by atoms with Crippen molar-refractivity contribution in [1.29, 1.82) is 0 Å². The third-order valence-corrected chi connectivity index (χ3v) is 3.43. The minimum absolute atomic E-state index is 0.246. The molecule has 0 radical (unpaired) electrons. The number of hydrogen-bond donors (Lipinski definition) is 0. The zero-order valence-electron chi connectivity index (χ0n) is 13.6. The summed E-state index contributed by atoms with van der Waals surface area (Å²) in [6.45, 7) is 0.419. The van der Waals surface area contributed by atoms with Gasteiger partial charge in [0.1, 0.15) is 0 Å². The Bertz CT molecular complexity index is 872. The van der Waals surface area contributed by atoms with Crippen molar-refractivity contribution >= 4 is 12.0 Å². The van der Waals surface area contributed by atoms with Gasteiger partial charge in [-0.3, -0.25) is 18.8 Å². The molecule has 0 atom stereocenters. The summed E-state index contributed by atoms with van der Waals surface area (Å²) in [4.78, 5) is 37.2. The van der Waals surface area contributed by atoms with Gasteiger partial charge in [0.25, 0.3) is 5.56 Å². The summed E-state index contributed by atoms with van der Waals surface area (Å²) in [5, 5.41) is 4.05. The van der Waals surface area contributed by atoms with Gasteiger partial charge in [-0.1, -0.05) is 0 Å². The maximum absolute atomic E-state index is 12.1. The van der Waals surface area contributed by atoms with Crippen LogP contribution in [0.2, 0.25) is 0 Å². The summed E-state index contributed by atoms with van der Waals surface area (Å²) < 4.78 is 3.96. The van der Waals surface area contributed by atoms with Gasteiger partial charge in [-0.15, -0.1) is 0 Å². The molecule has 8 nitrogen and oxygen atoms in total. The third kappa shape index (κ3) is 3.65. The van der Waals surface area contributed by atoms with E-state index in [1.54, 1.807) is 32.0 Å². The van der Waals surface area contributed by atoms with Crippen LogP contribution in [0.1, 0.15) is 11.1 Å². The topological polar surface area (TPSA) is 82.1 Å². The Morgan fingerprint density at radius 3 is 2.57 bits per heavy atom. The number of carbonyl (C=O) groups excluding carboxylic acids is 1. The molecule has 0 aromatic carbocycles. The lowest BCUT2D eigenvalue weighted by Crippen LogP contribution is -2.37. The van der Waals surface area contributed by atoms with Gasteiger partial charge >= 0.3 is 5.69 Å². The van der Waals surface area contributed by atoms with Crippen LogP contribution < -0.4 is 11.2 Å². The number of rotatable bonds is 4. The minimum Gasteiger partial charge on any atom is -0.338 e. The van der Waals surface area contributed by atoms with E-state index in [9.17, 15) is 14.4 Å². The molecule has 2 aromatic heterocycles. The molecule has 2 heterocycles. The Morgan fingerprint density at radius 1 is 1.26 bits per heavy atom. The first-order chi connectivity index (χ1) is 10.8. The van der Waals surface area contributed by atoms with Gasteiger partial charge in [0, 0.05) is 58.8 Å². The van der Waals surface area contributed by atoms with Gasteiger partial charge in [-0.25, -0.2) is 4.79 Å². The fourth-order valence-electron chi connectivity index (χ4n) is 2.14. The number of hydrogen-bond acceptors (Lipinski definition) is 4. The summed E-state index contributed by atoms with van der Waals surface area (Å²) in [5.41, 5.74) is 0.340. The molecule has 0 saturated carbocycles. The van der Waals surface area contributed by atoms with Crippen LogP contribution in [0.25, 0.3) is 6.08 Å². The van der Waals surface area contributed by atoms with Gasteiger partial charge in [0.15, 0.2) is 0 Å². The Hall–Kier alpha value is -2.90. The fourth-order valence-corrected chi connectivity index (χ4v) is 2.14. The zero-order valence-corrected chi connectivity index (χ0v) is 13.6. The van der Waals surface area contributed by atoms with Crippen molar-refractivity contribution < 1.29 is 4.79 Å². The minimum atomic E-state index is -0.438. The standard InChI is InChI=1S/C15H19N5O3/c1-17(8-11-7-16-19(3)9-11)13(21)6-5-12-10-18(2)15(23)20(4)14(12)22/h5-7,9-10H,8H2,1-4H3. The summed E-state index contributed by atoms with van der Waals surface area (Å²) in [6, 6.07) is 0. The van der Waals surface area contributed by atoms with Crippen LogP contribution in [0.3, 0.4) is 0 Å². The molecule has 0 aliphatic carbocycles. The van der Waals surface area contributed by atoms with Crippen LogP contribution >= 0.6 is 0 Å². The molecule has 0 aliphatic heterocycles. The van der Waals surface area contributed by atoms with Gasteiger partial charge in [-0.05, 0) is 6.08 Å². The molecule has 0 spiro atoms. The first-order valence-corrected chi connectivity index (χ1v) is 6.97. The van der Waals surface area contributed by atoms with Crippen LogP contribution in [0, 0.1) is 0 Å². The van der Waals surface area contributed by atoms with E-state index in [1.807, 2.05) is 6.20 Å². The highest BCUT2D eigenvalue weighted by molar-refractivity contribution is 5.91. The van der Waals surface area contributed by atoms with Crippen LogP contribution in [0.4, 0.5) is 0 Å². The van der Waals surface area contributed by atoms with Crippen LogP contribution in [0.5, 0.6) is 0 Å². The first-order valence-electron chi connectivity index (χ1n) is 6.97. The molecule has 0 bridgehead atoms. The molecule has 23 heavy (non-hydrogen) atoms. The molecule has 0 unspecified atom stereocenters. The van der Waals surface area contributed by atoms with Gasteiger partial charge in [0.2, 0.25) is 5.91 Å². The van der Waals surface area contributed by atoms with E-state index in [0.717, 1.165) is 10.1 Å². The average Bonchev–Trinajstić information content (AvgIpc) is 2.92. The van der Waals surface area contributed by atoms with Gasteiger partial charge < -0.3 is 9.47 Å². The molecular formula is C15H19N5O3. The highest BCUT2D eigenvalue weighted by Gasteiger charge is 2.08. The molecule has 2 aromatic rings. The summed E-state index contributed by atoms with van der Waals surface area (Å²) in [5.74, 6) is -0.246. The summed E-state index contributed by atoms with van der Waals surface area (Å²) >= 11 is 0. The number of likely N-dealkylation sites (N-methyl/N-ethyl adjacent to an activating group) is 1. The number of carbonyl (C=O) groups is 1. The SMILES string of the molecule is CN(Cc1cnn(C)c1)C(=O)C=Cc1cn(C)c(=O)n(C)c1=O. The normalized spacial score (nSPS) is 11.1. The van der Waals surface area contributed by atoms with E-state index >= 15 is 0 Å². The molecule has 2 rings (SSSR count). The number of nitrogens with zero attached hydrogens (tertiary/aromatic N) is 5. The molecule has 1 amide bonds. The maximum Gasteiger partial charge on any atom is 0.330 e. The second-order valence-corrected chi connectivity index (χ2v) is 5.39. The second-order valence-electron chi connectivity index (χ2n) is 5.39. The Balaban J connectivity index is 2.15. The highest BCUT2D eigenvalue weighted by atomic mass is 16.2. The van der Waals surface area contributed by atoms with E-state index in [2.05, 4.69) is 5.10 Å². The molecule has 0 aliphatic rings. The lowest BCUT2D eigenvalue weighted by Gasteiger charge is -2.13. The van der Waals surface area contributed by atoms with E-state index in [-0.39, 0.29) is 11.5 Å². The molecule has 0 saturated heterocycles. The second kappa shape index (κ2) is 6.47. The van der Waals surface area contributed by atoms with Gasteiger partial charge in [-0.2, -0.15) is 5.10 Å². The van der Waals surface area contributed by atoms with Crippen LogP contribution in [-0.4, -0.2) is 36.8 Å². The average molecular weight is 317 g/mol. The van der Waals surface area contributed by atoms with E-state index in [1.165, 1.54) is 34.9 Å². The predicted molar refractivity (Wildman–Crippen MR) is 85.6 cm³/mol. The summed E-state index contributed by atoms with van der Waals surface area (Å²) in [7, 11) is 6.42. The van der Waals surface area contributed by atoms with E-state index in [0.29, 0.717) is 6.54 Å². The van der Waals surface area contributed by atoms with Gasteiger partial charge in [0.05, 0.1) is 11.8 Å². The summed E-state index contributed by atoms with van der Waals surface area (Å²) in [6.07, 6.45) is 7.67. The van der Waals surface area contributed by atoms with Crippen molar-refractivity contribution in [3.8, 4) is 0 Å².